The van der Waals surface area contributed by atoms with E-state index >= 15 is 0 Å². The molecule has 0 radical (unpaired) electrons. The zero-order valence-corrected chi connectivity index (χ0v) is 11.3. The Hall–Kier alpha value is -2.07. The van der Waals surface area contributed by atoms with Crippen LogP contribution in [0.1, 0.15) is 17.3 Å². The van der Waals surface area contributed by atoms with Crippen molar-refractivity contribution < 1.29 is 4.79 Å². The van der Waals surface area contributed by atoms with Crippen molar-refractivity contribution in [1.82, 2.24) is 4.98 Å². The van der Waals surface area contributed by atoms with Crippen LogP contribution in [0.15, 0.2) is 42.6 Å². The predicted octanol–water partition coefficient (Wildman–Crippen LogP) is 2.98. The van der Waals surface area contributed by atoms with Crippen LogP contribution in [0, 0.1) is 0 Å². The summed E-state index contributed by atoms with van der Waals surface area (Å²) >= 11 is 5.89. The number of benzene rings is 1. The third-order valence-corrected chi connectivity index (χ3v) is 3.05. The quantitative estimate of drug-likeness (QED) is 0.937. The lowest BCUT2D eigenvalue weighted by atomic mass is 10.2. The minimum absolute atomic E-state index is 0.150. The zero-order valence-electron chi connectivity index (χ0n) is 10.5. The lowest BCUT2D eigenvalue weighted by Crippen LogP contribution is -2.30. The molecule has 4 nitrogen and oxygen atoms in total. The molecule has 0 aliphatic carbocycles. The highest BCUT2D eigenvalue weighted by Crippen LogP contribution is 2.20. The summed E-state index contributed by atoms with van der Waals surface area (Å²) in [6.07, 6.45) is 1.44. The molecule has 5 heteroatoms. The van der Waals surface area contributed by atoms with Gasteiger partial charge in [-0.15, -0.1) is 0 Å². The highest BCUT2D eigenvalue weighted by atomic mass is 35.5. The van der Waals surface area contributed by atoms with Gasteiger partial charge in [0.2, 0.25) is 0 Å². The fourth-order valence-corrected chi connectivity index (χ4v) is 1.94. The van der Waals surface area contributed by atoms with E-state index < -0.39 is 0 Å². The van der Waals surface area contributed by atoms with Crippen molar-refractivity contribution >= 4 is 29.0 Å². The molecule has 2 rings (SSSR count). The number of amides is 1. The Morgan fingerprint density at radius 1 is 1.37 bits per heavy atom. The average molecular weight is 276 g/mol. The number of para-hydroxylation sites is 1. The van der Waals surface area contributed by atoms with Gasteiger partial charge in [0.15, 0.2) is 0 Å². The van der Waals surface area contributed by atoms with Crippen LogP contribution in [0.2, 0.25) is 5.02 Å². The fourth-order valence-electron chi connectivity index (χ4n) is 1.77. The van der Waals surface area contributed by atoms with E-state index in [9.17, 15) is 4.79 Å². The summed E-state index contributed by atoms with van der Waals surface area (Å²) < 4.78 is 0. The van der Waals surface area contributed by atoms with Crippen molar-refractivity contribution in [2.75, 3.05) is 17.2 Å². The van der Waals surface area contributed by atoms with Crippen molar-refractivity contribution in [3.63, 3.8) is 0 Å². The third kappa shape index (κ3) is 2.85. The number of halogens is 1. The molecular formula is C14H14ClN3O. The van der Waals surface area contributed by atoms with Gasteiger partial charge in [-0.2, -0.15) is 0 Å². The number of hydrogen-bond donors (Lipinski definition) is 1. The molecule has 98 valence electrons. The molecule has 0 spiro atoms. The summed E-state index contributed by atoms with van der Waals surface area (Å²) in [5.74, 6) is 0.0732. The van der Waals surface area contributed by atoms with Crippen molar-refractivity contribution in [2.24, 2.45) is 0 Å². The van der Waals surface area contributed by atoms with Crippen LogP contribution < -0.4 is 10.6 Å². The Morgan fingerprint density at radius 2 is 2.05 bits per heavy atom. The lowest BCUT2D eigenvalue weighted by molar-refractivity contribution is 0.0988. The first-order valence-corrected chi connectivity index (χ1v) is 6.29. The molecule has 0 atom stereocenters. The second-order valence-corrected chi connectivity index (χ2v) is 4.38. The van der Waals surface area contributed by atoms with Crippen LogP contribution in [0.3, 0.4) is 0 Å². The van der Waals surface area contributed by atoms with Crippen molar-refractivity contribution in [3.8, 4) is 0 Å². The lowest BCUT2D eigenvalue weighted by Gasteiger charge is -2.21. The van der Waals surface area contributed by atoms with Crippen LogP contribution >= 0.6 is 11.6 Å². The first-order valence-electron chi connectivity index (χ1n) is 5.91. The van der Waals surface area contributed by atoms with Crippen LogP contribution in [0.5, 0.6) is 0 Å². The van der Waals surface area contributed by atoms with E-state index in [1.807, 2.05) is 37.3 Å². The number of hydrogen-bond acceptors (Lipinski definition) is 3. The number of anilines is 2. The molecule has 1 heterocycles. The Kier molecular flexibility index (Phi) is 4.02. The maximum absolute atomic E-state index is 12.4. The fraction of sp³-hybridized carbons (Fsp3) is 0.143. The summed E-state index contributed by atoms with van der Waals surface area (Å²) in [7, 11) is 0. The van der Waals surface area contributed by atoms with Crippen molar-refractivity contribution in [1.29, 1.82) is 0 Å². The number of aromatic nitrogens is 1. The Bertz CT molecular complexity index is 586. The molecule has 0 aliphatic heterocycles. The van der Waals surface area contributed by atoms with Crippen LogP contribution in [-0.2, 0) is 0 Å². The third-order valence-electron chi connectivity index (χ3n) is 2.75. The van der Waals surface area contributed by atoms with Gasteiger partial charge in [-0.25, -0.2) is 4.98 Å². The normalized spacial score (nSPS) is 10.2. The molecular weight excluding hydrogens is 262 g/mol. The molecule has 0 fully saturated rings. The maximum atomic E-state index is 12.4. The van der Waals surface area contributed by atoms with Gasteiger partial charge in [0.1, 0.15) is 5.82 Å². The number of carbonyl (C=O) groups is 1. The topological polar surface area (TPSA) is 59.2 Å². The number of nitrogens with zero attached hydrogens (tertiary/aromatic N) is 2. The standard InChI is InChI=1S/C14H14ClN3O/c1-2-18(11-6-4-3-5-7-11)14(19)10-8-12(15)13(16)17-9-10/h3-9H,2H2,1H3,(H2,16,17). The molecule has 0 bridgehead atoms. The molecule has 1 aromatic heterocycles. The molecule has 1 amide bonds. The van der Waals surface area contributed by atoms with Gasteiger partial charge in [-0.1, -0.05) is 29.8 Å². The Morgan fingerprint density at radius 3 is 2.63 bits per heavy atom. The van der Waals surface area contributed by atoms with E-state index in [-0.39, 0.29) is 16.7 Å². The maximum Gasteiger partial charge on any atom is 0.259 e. The monoisotopic (exact) mass is 275 g/mol. The van der Waals surface area contributed by atoms with Crippen LogP contribution in [-0.4, -0.2) is 17.4 Å². The van der Waals surface area contributed by atoms with Crippen molar-refractivity contribution in [2.45, 2.75) is 6.92 Å². The van der Waals surface area contributed by atoms with Crippen LogP contribution in [0.25, 0.3) is 0 Å². The van der Waals surface area contributed by atoms with Gasteiger partial charge >= 0.3 is 0 Å². The minimum atomic E-state index is -0.150. The molecule has 1 aromatic carbocycles. The van der Waals surface area contributed by atoms with Gasteiger partial charge in [-0.05, 0) is 25.1 Å². The Labute approximate surface area is 116 Å². The first-order chi connectivity index (χ1) is 9.13. The summed E-state index contributed by atoms with van der Waals surface area (Å²) in [5.41, 5.74) is 6.80. The average Bonchev–Trinajstić information content (AvgIpc) is 2.44. The highest BCUT2D eigenvalue weighted by Gasteiger charge is 2.17. The van der Waals surface area contributed by atoms with Gasteiger partial charge in [0.25, 0.3) is 5.91 Å². The number of nitrogen functional groups attached to an aromatic ring is 1. The molecule has 2 aromatic rings. The summed E-state index contributed by atoms with van der Waals surface area (Å²) in [4.78, 5) is 18.0. The molecule has 0 aliphatic rings. The SMILES string of the molecule is CCN(C(=O)c1cnc(N)c(Cl)c1)c1ccccc1. The summed E-state index contributed by atoms with van der Waals surface area (Å²) in [6, 6.07) is 11.0. The summed E-state index contributed by atoms with van der Waals surface area (Å²) in [6.45, 7) is 2.47. The Balaban J connectivity index is 2.33. The van der Waals surface area contributed by atoms with Gasteiger partial charge in [0, 0.05) is 18.4 Å². The van der Waals surface area contributed by atoms with E-state index in [1.165, 1.54) is 12.3 Å². The second-order valence-electron chi connectivity index (χ2n) is 3.98. The van der Waals surface area contributed by atoms with E-state index in [1.54, 1.807) is 4.90 Å². The number of rotatable bonds is 3. The molecule has 19 heavy (non-hydrogen) atoms. The summed E-state index contributed by atoms with van der Waals surface area (Å²) in [5, 5.41) is 0.287. The van der Waals surface area contributed by atoms with Gasteiger partial charge < -0.3 is 10.6 Å². The smallest absolute Gasteiger partial charge is 0.259 e. The molecule has 0 saturated carbocycles. The largest absolute Gasteiger partial charge is 0.382 e. The van der Waals surface area contributed by atoms with Gasteiger partial charge in [-0.3, -0.25) is 4.79 Å². The van der Waals surface area contributed by atoms with Gasteiger partial charge in [0.05, 0.1) is 10.6 Å². The van der Waals surface area contributed by atoms with E-state index in [4.69, 9.17) is 17.3 Å². The number of pyridine rings is 1. The molecule has 0 saturated heterocycles. The molecule has 2 N–H and O–H groups in total. The minimum Gasteiger partial charge on any atom is -0.382 e. The number of carbonyl (C=O) groups excluding carboxylic acids is 1. The molecule has 0 unspecified atom stereocenters. The first kappa shape index (κ1) is 13.4. The number of nitrogens with two attached hydrogens (primary N) is 1. The predicted molar refractivity (Wildman–Crippen MR) is 77.5 cm³/mol. The second kappa shape index (κ2) is 5.71. The zero-order chi connectivity index (χ0) is 13.8. The van der Waals surface area contributed by atoms with Crippen LogP contribution in [0.4, 0.5) is 11.5 Å². The van der Waals surface area contributed by atoms with Crippen molar-refractivity contribution in [3.05, 3.63) is 53.2 Å². The van der Waals surface area contributed by atoms with E-state index in [2.05, 4.69) is 4.98 Å². The highest BCUT2D eigenvalue weighted by molar-refractivity contribution is 6.33. The van der Waals surface area contributed by atoms with E-state index in [0.717, 1.165) is 5.69 Å². The van der Waals surface area contributed by atoms with E-state index in [0.29, 0.717) is 12.1 Å².